The van der Waals surface area contributed by atoms with E-state index in [0.717, 1.165) is 28.8 Å². The second-order valence-corrected chi connectivity index (χ2v) is 5.61. The number of pyridine rings is 1. The van der Waals surface area contributed by atoms with Crippen LogP contribution in [0.4, 0.5) is 0 Å². The van der Waals surface area contributed by atoms with Crippen LogP contribution in [-0.2, 0) is 6.42 Å². The quantitative estimate of drug-likeness (QED) is 0.777. The van der Waals surface area contributed by atoms with Crippen LogP contribution >= 0.6 is 0 Å². The first kappa shape index (κ1) is 14.5. The third kappa shape index (κ3) is 3.41. The summed E-state index contributed by atoms with van der Waals surface area (Å²) < 4.78 is 0. The van der Waals surface area contributed by atoms with Gasteiger partial charge in [0.1, 0.15) is 0 Å². The molecule has 2 heteroatoms. The molecule has 0 spiro atoms. The molecule has 0 saturated heterocycles. The maximum atomic E-state index is 6.38. The van der Waals surface area contributed by atoms with Gasteiger partial charge in [-0.15, -0.1) is 0 Å². The number of hydrogen-bond donors (Lipinski definition) is 1. The molecule has 0 saturated carbocycles. The Morgan fingerprint density at radius 1 is 0.909 bits per heavy atom. The van der Waals surface area contributed by atoms with E-state index in [-0.39, 0.29) is 6.04 Å². The molecule has 22 heavy (non-hydrogen) atoms. The van der Waals surface area contributed by atoms with E-state index in [0.29, 0.717) is 0 Å². The zero-order chi connectivity index (χ0) is 15.4. The van der Waals surface area contributed by atoms with Gasteiger partial charge in [0, 0.05) is 23.5 Å². The van der Waals surface area contributed by atoms with Crippen molar-refractivity contribution in [1.29, 1.82) is 0 Å². The van der Waals surface area contributed by atoms with Crippen LogP contribution in [0.5, 0.6) is 0 Å². The van der Waals surface area contributed by atoms with Crippen molar-refractivity contribution in [2.45, 2.75) is 19.4 Å². The van der Waals surface area contributed by atoms with E-state index in [1.54, 1.807) is 0 Å². The van der Waals surface area contributed by atoms with E-state index < -0.39 is 0 Å². The van der Waals surface area contributed by atoms with Gasteiger partial charge in [-0.1, -0.05) is 54.6 Å². The van der Waals surface area contributed by atoms with Crippen LogP contribution in [0.25, 0.3) is 11.1 Å². The Hall–Kier alpha value is -2.45. The number of benzene rings is 2. The van der Waals surface area contributed by atoms with Crippen molar-refractivity contribution < 1.29 is 0 Å². The SMILES string of the molecule is Cc1ccc(-c2cccc(C(N)Cc3ccccc3)c2)cn1. The monoisotopic (exact) mass is 288 g/mol. The average molecular weight is 288 g/mol. The largest absolute Gasteiger partial charge is 0.324 e. The third-order valence-electron chi connectivity index (χ3n) is 3.86. The number of hydrogen-bond acceptors (Lipinski definition) is 2. The van der Waals surface area contributed by atoms with Gasteiger partial charge in [-0.05, 0) is 42.2 Å². The lowest BCUT2D eigenvalue weighted by molar-refractivity contribution is 0.722. The zero-order valence-corrected chi connectivity index (χ0v) is 12.7. The number of nitrogens with two attached hydrogens (primary N) is 1. The fourth-order valence-corrected chi connectivity index (χ4v) is 2.57. The molecule has 1 heterocycles. The number of nitrogens with zero attached hydrogens (tertiary/aromatic N) is 1. The lowest BCUT2D eigenvalue weighted by Crippen LogP contribution is -2.13. The maximum Gasteiger partial charge on any atom is 0.0373 e. The Kier molecular flexibility index (Phi) is 4.31. The van der Waals surface area contributed by atoms with Crippen LogP contribution in [0.15, 0.2) is 72.9 Å². The molecule has 0 aliphatic heterocycles. The fraction of sp³-hybridized carbons (Fsp3) is 0.150. The molecule has 2 aromatic carbocycles. The lowest BCUT2D eigenvalue weighted by atomic mass is 9.96. The van der Waals surface area contributed by atoms with E-state index in [9.17, 15) is 0 Å². The predicted octanol–water partition coefficient (Wildman–Crippen LogP) is 4.30. The third-order valence-corrected chi connectivity index (χ3v) is 3.86. The first-order valence-corrected chi connectivity index (χ1v) is 7.55. The van der Waals surface area contributed by atoms with E-state index in [2.05, 4.69) is 59.6 Å². The molecule has 1 atom stereocenters. The van der Waals surface area contributed by atoms with E-state index >= 15 is 0 Å². The minimum atomic E-state index is 0.000701. The molecule has 0 fully saturated rings. The summed E-state index contributed by atoms with van der Waals surface area (Å²) in [5.74, 6) is 0. The van der Waals surface area contributed by atoms with Crippen LogP contribution < -0.4 is 5.73 Å². The zero-order valence-electron chi connectivity index (χ0n) is 12.7. The van der Waals surface area contributed by atoms with Gasteiger partial charge < -0.3 is 5.73 Å². The molecule has 0 bridgehead atoms. The summed E-state index contributed by atoms with van der Waals surface area (Å²) in [7, 11) is 0. The number of aryl methyl sites for hydroxylation is 1. The average Bonchev–Trinajstić information content (AvgIpc) is 2.56. The summed E-state index contributed by atoms with van der Waals surface area (Å²) in [6.07, 6.45) is 2.76. The molecule has 0 radical (unpaired) electrons. The van der Waals surface area contributed by atoms with Crippen molar-refractivity contribution in [1.82, 2.24) is 4.98 Å². The Morgan fingerprint density at radius 2 is 1.73 bits per heavy atom. The number of aromatic nitrogens is 1. The van der Waals surface area contributed by atoms with Gasteiger partial charge in [0.05, 0.1) is 0 Å². The highest BCUT2D eigenvalue weighted by Crippen LogP contribution is 2.23. The van der Waals surface area contributed by atoms with Crippen LogP contribution in [0.2, 0.25) is 0 Å². The van der Waals surface area contributed by atoms with Crippen molar-refractivity contribution in [2.24, 2.45) is 5.73 Å². The minimum Gasteiger partial charge on any atom is -0.324 e. The van der Waals surface area contributed by atoms with E-state index in [1.165, 1.54) is 5.56 Å². The molecule has 0 aliphatic carbocycles. The van der Waals surface area contributed by atoms with Crippen molar-refractivity contribution in [3.05, 3.63) is 89.7 Å². The normalized spacial score (nSPS) is 12.1. The fourth-order valence-electron chi connectivity index (χ4n) is 2.57. The van der Waals surface area contributed by atoms with Gasteiger partial charge in [-0.3, -0.25) is 4.98 Å². The first-order valence-electron chi connectivity index (χ1n) is 7.55. The van der Waals surface area contributed by atoms with Gasteiger partial charge in [-0.2, -0.15) is 0 Å². The van der Waals surface area contributed by atoms with Crippen molar-refractivity contribution in [2.75, 3.05) is 0 Å². The maximum absolute atomic E-state index is 6.38. The predicted molar refractivity (Wildman–Crippen MR) is 91.5 cm³/mol. The summed E-state index contributed by atoms with van der Waals surface area (Å²) in [6, 6.07) is 22.9. The molecule has 3 rings (SSSR count). The van der Waals surface area contributed by atoms with E-state index in [4.69, 9.17) is 5.73 Å². The molecule has 1 unspecified atom stereocenters. The molecular formula is C20H20N2. The Labute approximate surface area is 131 Å². The highest BCUT2D eigenvalue weighted by atomic mass is 14.7. The van der Waals surface area contributed by atoms with Crippen molar-refractivity contribution in [3.63, 3.8) is 0 Å². The van der Waals surface area contributed by atoms with Crippen molar-refractivity contribution in [3.8, 4) is 11.1 Å². The highest BCUT2D eigenvalue weighted by molar-refractivity contribution is 5.63. The Morgan fingerprint density at radius 3 is 2.45 bits per heavy atom. The topological polar surface area (TPSA) is 38.9 Å². The first-order chi connectivity index (χ1) is 10.7. The van der Waals surface area contributed by atoms with E-state index in [1.807, 2.05) is 25.3 Å². The lowest BCUT2D eigenvalue weighted by Gasteiger charge is -2.13. The summed E-state index contributed by atoms with van der Waals surface area (Å²) >= 11 is 0. The van der Waals surface area contributed by atoms with Crippen molar-refractivity contribution >= 4 is 0 Å². The Bertz CT molecular complexity index is 733. The molecule has 0 amide bonds. The molecule has 1 aromatic heterocycles. The molecule has 110 valence electrons. The molecular weight excluding hydrogens is 268 g/mol. The molecule has 0 aliphatic rings. The van der Waals surface area contributed by atoms with Crippen LogP contribution in [-0.4, -0.2) is 4.98 Å². The second-order valence-electron chi connectivity index (χ2n) is 5.61. The number of rotatable bonds is 4. The van der Waals surface area contributed by atoms with Crippen LogP contribution in [0.3, 0.4) is 0 Å². The summed E-state index contributed by atoms with van der Waals surface area (Å²) in [5, 5.41) is 0. The second kappa shape index (κ2) is 6.54. The Balaban J connectivity index is 1.83. The van der Waals surface area contributed by atoms with Gasteiger partial charge in [-0.25, -0.2) is 0 Å². The summed E-state index contributed by atoms with van der Waals surface area (Å²) in [6.45, 7) is 2.00. The molecule has 2 nitrogen and oxygen atoms in total. The molecule has 3 aromatic rings. The van der Waals surface area contributed by atoms with Gasteiger partial charge in [0.15, 0.2) is 0 Å². The summed E-state index contributed by atoms with van der Waals surface area (Å²) in [5.41, 5.74) is 12.1. The smallest absolute Gasteiger partial charge is 0.0373 e. The standard InChI is InChI=1S/C20H20N2/c1-15-10-11-19(14-22-15)17-8-5-9-18(13-17)20(21)12-16-6-3-2-4-7-16/h2-11,13-14,20H,12,21H2,1H3. The molecule has 2 N–H and O–H groups in total. The van der Waals surface area contributed by atoms with Gasteiger partial charge in [0.2, 0.25) is 0 Å². The van der Waals surface area contributed by atoms with Gasteiger partial charge in [0.25, 0.3) is 0 Å². The minimum absolute atomic E-state index is 0.000701. The highest BCUT2D eigenvalue weighted by Gasteiger charge is 2.08. The van der Waals surface area contributed by atoms with Crippen LogP contribution in [0.1, 0.15) is 22.9 Å². The van der Waals surface area contributed by atoms with Crippen LogP contribution in [0, 0.1) is 6.92 Å². The van der Waals surface area contributed by atoms with Gasteiger partial charge >= 0.3 is 0 Å². The summed E-state index contributed by atoms with van der Waals surface area (Å²) in [4.78, 5) is 4.37.